The number of aliphatic hydroxyl groups excluding tert-OH is 1. The standard InChI is InChI=1S/C14H16F2N2O/c1-8(2)18-7-10(6-17-18)14(19)12-11(15)5-4-9(3)13(12)16/h4-8,14,19H,1-3H3. The van der Waals surface area contributed by atoms with E-state index >= 15 is 0 Å². The molecule has 0 spiro atoms. The monoisotopic (exact) mass is 266 g/mol. The van der Waals surface area contributed by atoms with Crippen molar-refractivity contribution in [3.63, 3.8) is 0 Å². The molecular formula is C14H16F2N2O. The van der Waals surface area contributed by atoms with Gasteiger partial charge in [-0.2, -0.15) is 5.10 Å². The van der Waals surface area contributed by atoms with Crippen LogP contribution in [0.4, 0.5) is 8.78 Å². The molecule has 5 heteroatoms. The Morgan fingerprint density at radius 3 is 2.53 bits per heavy atom. The van der Waals surface area contributed by atoms with Crippen LogP contribution in [0.1, 0.15) is 42.7 Å². The molecular weight excluding hydrogens is 250 g/mol. The number of rotatable bonds is 3. The summed E-state index contributed by atoms with van der Waals surface area (Å²) >= 11 is 0. The van der Waals surface area contributed by atoms with Gasteiger partial charge in [-0.05, 0) is 32.4 Å². The van der Waals surface area contributed by atoms with Gasteiger partial charge in [-0.25, -0.2) is 8.78 Å². The first-order valence-electron chi connectivity index (χ1n) is 6.08. The summed E-state index contributed by atoms with van der Waals surface area (Å²) in [7, 11) is 0. The highest BCUT2D eigenvalue weighted by atomic mass is 19.1. The van der Waals surface area contributed by atoms with Gasteiger partial charge in [0.25, 0.3) is 0 Å². The topological polar surface area (TPSA) is 38.1 Å². The molecule has 1 aromatic heterocycles. The number of benzene rings is 1. The van der Waals surface area contributed by atoms with Crippen LogP contribution in [0.2, 0.25) is 0 Å². The quantitative estimate of drug-likeness (QED) is 0.926. The maximum Gasteiger partial charge on any atom is 0.135 e. The normalized spacial score (nSPS) is 13.0. The smallest absolute Gasteiger partial charge is 0.135 e. The van der Waals surface area contributed by atoms with Crippen molar-refractivity contribution in [3.8, 4) is 0 Å². The van der Waals surface area contributed by atoms with Gasteiger partial charge in [0.15, 0.2) is 0 Å². The van der Waals surface area contributed by atoms with Gasteiger partial charge in [-0.3, -0.25) is 4.68 Å². The van der Waals surface area contributed by atoms with Crippen LogP contribution >= 0.6 is 0 Å². The third-order valence-corrected chi connectivity index (χ3v) is 3.06. The van der Waals surface area contributed by atoms with E-state index in [4.69, 9.17) is 0 Å². The molecule has 0 radical (unpaired) electrons. The Labute approximate surface area is 110 Å². The van der Waals surface area contributed by atoms with Crippen molar-refractivity contribution in [2.45, 2.75) is 32.9 Å². The van der Waals surface area contributed by atoms with Gasteiger partial charge in [-0.1, -0.05) is 6.07 Å². The Bertz CT molecular complexity index is 593. The first-order valence-corrected chi connectivity index (χ1v) is 6.08. The molecule has 0 aliphatic rings. The number of hydrogen-bond donors (Lipinski definition) is 1. The summed E-state index contributed by atoms with van der Waals surface area (Å²) in [6.07, 6.45) is 1.66. The van der Waals surface area contributed by atoms with Crippen LogP contribution < -0.4 is 0 Å². The zero-order valence-electron chi connectivity index (χ0n) is 11.1. The van der Waals surface area contributed by atoms with Crippen LogP contribution in [0.5, 0.6) is 0 Å². The summed E-state index contributed by atoms with van der Waals surface area (Å²) in [5.74, 6) is -1.47. The second-order valence-corrected chi connectivity index (χ2v) is 4.84. The number of aryl methyl sites for hydroxylation is 1. The predicted octanol–water partition coefficient (Wildman–Crippen LogP) is 3.13. The van der Waals surface area contributed by atoms with Crippen LogP contribution in [0.3, 0.4) is 0 Å². The summed E-state index contributed by atoms with van der Waals surface area (Å²) < 4.78 is 29.3. The van der Waals surface area contributed by atoms with E-state index in [1.807, 2.05) is 13.8 Å². The lowest BCUT2D eigenvalue weighted by Crippen LogP contribution is -2.07. The van der Waals surface area contributed by atoms with Crippen LogP contribution in [0.25, 0.3) is 0 Å². The minimum atomic E-state index is -1.35. The fourth-order valence-corrected chi connectivity index (χ4v) is 1.87. The van der Waals surface area contributed by atoms with Gasteiger partial charge in [0.1, 0.15) is 17.7 Å². The van der Waals surface area contributed by atoms with Crippen molar-refractivity contribution < 1.29 is 13.9 Å². The molecule has 0 bridgehead atoms. The first kappa shape index (κ1) is 13.7. The number of nitrogens with zero attached hydrogens (tertiary/aromatic N) is 2. The molecule has 19 heavy (non-hydrogen) atoms. The Kier molecular flexibility index (Phi) is 3.66. The SMILES string of the molecule is Cc1ccc(F)c(C(O)c2cnn(C(C)C)c2)c1F. The van der Waals surface area contributed by atoms with E-state index in [-0.39, 0.29) is 11.6 Å². The van der Waals surface area contributed by atoms with E-state index < -0.39 is 17.7 Å². The van der Waals surface area contributed by atoms with Crippen molar-refractivity contribution in [2.24, 2.45) is 0 Å². The maximum absolute atomic E-state index is 13.9. The fourth-order valence-electron chi connectivity index (χ4n) is 1.87. The maximum atomic E-state index is 13.9. The highest BCUT2D eigenvalue weighted by Gasteiger charge is 2.22. The molecule has 0 fully saturated rings. The number of aliphatic hydroxyl groups is 1. The second-order valence-electron chi connectivity index (χ2n) is 4.84. The van der Waals surface area contributed by atoms with Gasteiger partial charge in [0.05, 0.1) is 11.8 Å². The molecule has 2 rings (SSSR count). The molecule has 1 unspecified atom stereocenters. The van der Waals surface area contributed by atoms with E-state index in [1.54, 1.807) is 10.9 Å². The number of aromatic nitrogens is 2. The highest BCUT2D eigenvalue weighted by molar-refractivity contribution is 5.33. The molecule has 1 aromatic carbocycles. The van der Waals surface area contributed by atoms with Crippen LogP contribution in [0.15, 0.2) is 24.5 Å². The molecule has 0 saturated carbocycles. The lowest BCUT2D eigenvalue weighted by Gasteiger charge is -2.13. The van der Waals surface area contributed by atoms with Crippen molar-refractivity contribution in [2.75, 3.05) is 0 Å². The summed E-state index contributed by atoms with van der Waals surface area (Å²) in [5.41, 5.74) is 0.340. The molecule has 3 nitrogen and oxygen atoms in total. The molecule has 102 valence electrons. The Morgan fingerprint density at radius 2 is 1.95 bits per heavy atom. The first-order chi connectivity index (χ1) is 8.91. The molecule has 1 atom stereocenters. The average molecular weight is 266 g/mol. The zero-order chi connectivity index (χ0) is 14.2. The summed E-state index contributed by atoms with van der Waals surface area (Å²) in [5, 5.41) is 14.2. The van der Waals surface area contributed by atoms with Crippen molar-refractivity contribution in [1.29, 1.82) is 0 Å². The zero-order valence-corrected chi connectivity index (χ0v) is 11.1. The third-order valence-electron chi connectivity index (χ3n) is 3.06. The van der Waals surface area contributed by atoms with E-state index in [0.717, 1.165) is 6.07 Å². The van der Waals surface area contributed by atoms with Gasteiger partial charge in [-0.15, -0.1) is 0 Å². The predicted molar refractivity (Wildman–Crippen MR) is 67.8 cm³/mol. The molecule has 2 aromatic rings. The van der Waals surface area contributed by atoms with Gasteiger partial charge in [0.2, 0.25) is 0 Å². The van der Waals surface area contributed by atoms with E-state index in [9.17, 15) is 13.9 Å². The minimum Gasteiger partial charge on any atom is -0.383 e. The lowest BCUT2D eigenvalue weighted by molar-refractivity contribution is 0.208. The van der Waals surface area contributed by atoms with E-state index in [1.165, 1.54) is 19.2 Å². The highest BCUT2D eigenvalue weighted by Crippen LogP contribution is 2.28. The molecule has 0 saturated heterocycles. The summed E-state index contributed by atoms with van der Waals surface area (Å²) in [6, 6.07) is 2.62. The van der Waals surface area contributed by atoms with Crippen LogP contribution in [-0.4, -0.2) is 14.9 Å². The molecule has 0 amide bonds. The minimum absolute atomic E-state index is 0.119. The van der Waals surface area contributed by atoms with Gasteiger partial charge in [0, 0.05) is 17.8 Å². The van der Waals surface area contributed by atoms with Crippen LogP contribution in [0, 0.1) is 18.6 Å². The molecule has 1 N–H and O–H groups in total. The lowest BCUT2D eigenvalue weighted by atomic mass is 10.0. The third kappa shape index (κ3) is 2.51. The van der Waals surface area contributed by atoms with Gasteiger partial charge < -0.3 is 5.11 Å². The fraction of sp³-hybridized carbons (Fsp3) is 0.357. The van der Waals surface area contributed by atoms with Crippen LogP contribution in [-0.2, 0) is 0 Å². The Hall–Kier alpha value is -1.75. The van der Waals surface area contributed by atoms with E-state index in [0.29, 0.717) is 11.1 Å². The molecule has 1 heterocycles. The van der Waals surface area contributed by atoms with Crippen molar-refractivity contribution in [1.82, 2.24) is 9.78 Å². The van der Waals surface area contributed by atoms with Crippen molar-refractivity contribution >= 4 is 0 Å². The summed E-state index contributed by atoms with van der Waals surface area (Å²) in [6.45, 7) is 5.39. The summed E-state index contributed by atoms with van der Waals surface area (Å²) in [4.78, 5) is 0. The number of hydrogen-bond acceptors (Lipinski definition) is 2. The Balaban J connectivity index is 2.43. The molecule has 0 aliphatic heterocycles. The number of halogens is 2. The largest absolute Gasteiger partial charge is 0.383 e. The average Bonchev–Trinajstić information content (AvgIpc) is 2.84. The van der Waals surface area contributed by atoms with E-state index in [2.05, 4.69) is 5.10 Å². The molecule has 0 aliphatic carbocycles. The second kappa shape index (κ2) is 5.09. The van der Waals surface area contributed by atoms with Crippen molar-refractivity contribution in [3.05, 3.63) is 52.9 Å². The van der Waals surface area contributed by atoms with Gasteiger partial charge >= 0.3 is 0 Å². The Morgan fingerprint density at radius 1 is 1.26 bits per heavy atom.